The molecule has 0 spiro atoms. The third-order valence-corrected chi connectivity index (χ3v) is 5.29. The van der Waals surface area contributed by atoms with Crippen molar-refractivity contribution in [2.75, 3.05) is 0 Å². The molecule has 3 aromatic rings. The molecule has 0 radical (unpaired) electrons. The molecule has 130 valence electrons. The molecule has 0 amide bonds. The Labute approximate surface area is 157 Å². The van der Waals surface area contributed by atoms with E-state index >= 15 is 0 Å². The van der Waals surface area contributed by atoms with Gasteiger partial charge in [0.1, 0.15) is 0 Å². The highest BCUT2D eigenvalue weighted by Gasteiger charge is 2.13. The van der Waals surface area contributed by atoms with Gasteiger partial charge in [0.05, 0.1) is 0 Å². The molecule has 3 aromatic carbocycles. The van der Waals surface area contributed by atoms with Gasteiger partial charge in [0.15, 0.2) is 0 Å². The quantitative estimate of drug-likeness (QED) is 0.443. The molecule has 0 saturated carbocycles. The molecule has 0 aliphatic heterocycles. The topological polar surface area (TPSA) is 0 Å². The molecule has 26 heavy (non-hydrogen) atoms. The zero-order valence-electron chi connectivity index (χ0n) is 15.7. The second kappa shape index (κ2) is 8.01. The molecule has 0 nitrogen and oxygen atoms in total. The first-order valence-corrected chi connectivity index (χ1v) is 9.17. The number of rotatable bonds is 6. The Morgan fingerprint density at radius 2 is 1.12 bits per heavy atom. The summed E-state index contributed by atoms with van der Waals surface area (Å²) in [6.07, 6.45) is 3.82. The van der Waals surface area contributed by atoms with E-state index in [-0.39, 0.29) is 0 Å². The minimum absolute atomic E-state index is 0.348. The zero-order chi connectivity index (χ0) is 18.5. The van der Waals surface area contributed by atoms with E-state index in [0.717, 1.165) is 5.56 Å². The van der Waals surface area contributed by atoms with Gasteiger partial charge in [0.25, 0.3) is 0 Å². The molecule has 2 atom stereocenters. The van der Waals surface area contributed by atoms with Crippen molar-refractivity contribution in [3.8, 4) is 0 Å². The van der Waals surface area contributed by atoms with Crippen LogP contribution in [-0.2, 0) is 0 Å². The first-order valence-electron chi connectivity index (χ1n) is 9.17. The Hall–Kier alpha value is -2.86. The van der Waals surface area contributed by atoms with Gasteiger partial charge in [0.2, 0.25) is 0 Å². The second-order valence-corrected chi connectivity index (χ2v) is 6.81. The molecule has 0 heteroatoms. The first kappa shape index (κ1) is 17.9. The molecule has 2 unspecified atom stereocenters. The van der Waals surface area contributed by atoms with Crippen molar-refractivity contribution in [1.29, 1.82) is 0 Å². The minimum atomic E-state index is 0.348. The summed E-state index contributed by atoms with van der Waals surface area (Å²) in [7, 11) is 0. The van der Waals surface area contributed by atoms with Crippen LogP contribution in [0.1, 0.15) is 59.1 Å². The molecular formula is C26H26. The van der Waals surface area contributed by atoms with Gasteiger partial charge in [-0.2, -0.15) is 0 Å². The van der Waals surface area contributed by atoms with Gasteiger partial charge >= 0.3 is 0 Å². The average Bonchev–Trinajstić information content (AvgIpc) is 2.73. The van der Waals surface area contributed by atoms with Crippen molar-refractivity contribution >= 4 is 12.2 Å². The van der Waals surface area contributed by atoms with Crippen molar-refractivity contribution in [2.45, 2.75) is 25.7 Å². The zero-order valence-corrected chi connectivity index (χ0v) is 15.7. The fourth-order valence-corrected chi connectivity index (χ4v) is 3.46. The van der Waals surface area contributed by atoms with Crippen molar-refractivity contribution < 1.29 is 0 Å². The molecule has 0 aliphatic rings. The van der Waals surface area contributed by atoms with Gasteiger partial charge in [0, 0.05) is 11.8 Å². The highest BCUT2D eigenvalue weighted by atomic mass is 14.2. The molecule has 0 N–H and O–H groups in total. The van der Waals surface area contributed by atoms with Gasteiger partial charge in [-0.05, 0) is 33.4 Å². The number of benzene rings is 3. The molecule has 0 saturated heterocycles. The van der Waals surface area contributed by atoms with Crippen molar-refractivity contribution in [2.24, 2.45) is 0 Å². The van der Waals surface area contributed by atoms with Crippen LogP contribution in [0.25, 0.3) is 12.2 Å². The molecular weight excluding hydrogens is 312 g/mol. The normalized spacial score (nSPS) is 13.0. The van der Waals surface area contributed by atoms with Gasteiger partial charge in [-0.3, -0.25) is 0 Å². The van der Waals surface area contributed by atoms with Crippen LogP contribution in [0, 0.1) is 0 Å². The van der Waals surface area contributed by atoms with Crippen molar-refractivity contribution in [3.63, 3.8) is 0 Å². The van der Waals surface area contributed by atoms with Crippen LogP contribution in [0.5, 0.6) is 0 Å². The summed E-state index contributed by atoms with van der Waals surface area (Å²) in [6, 6.07) is 26.2. The van der Waals surface area contributed by atoms with Gasteiger partial charge in [-0.1, -0.05) is 112 Å². The summed E-state index contributed by atoms with van der Waals surface area (Å²) in [6.45, 7) is 12.3. The van der Waals surface area contributed by atoms with E-state index < -0.39 is 0 Å². The largest absolute Gasteiger partial charge is 0.0985 e. The predicted octanol–water partition coefficient (Wildman–Crippen LogP) is 7.28. The van der Waals surface area contributed by atoms with Gasteiger partial charge in [-0.25, -0.2) is 0 Å². The maximum Gasteiger partial charge on any atom is 0.00669 e. The van der Waals surface area contributed by atoms with Crippen LogP contribution < -0.4 is 0 Å². The number of hydrogen-bond donors (Lipinski definition) is 0. The van der Waals surface area contributed by atoms with Crippen LogP contribution >= 0.6 is 0 Å². The van der Waals surface area contributed by atoms with E-state index in [2.05, 4.69) is 99.8 Å². The minimum Gasteiger partial charge on any atom is -0.0985 e. The second-order valence-electron chi connectivity index (χ2n) is 6.81. The van der Waals surface area contributed by atoms with Gasteiger partial charge < -0.3 is 0 Å². The predicted molar refractivity (Wildman–Crippen MR) is 115 cm³/mol. The van der Waals surface area contributed by atoms with Crippen LogP contribution in [0.2, 0.25) is 0 Å². The van der Waals surface area contributed by atoms with E-state index in [9.17, 15) is 0 Å². The standard InChI is InChI=1S/C26H26/c1-5-21-11-13-23(14-12-21)19(3)24-15-17-25(18-16-24)20(4)26-10-8-7-9-22(26)6-2/h5-20H,1-2H2,3-4H3. The highest BCUT2D eigenvalue weighted by molar-refractivity contribution is 5.55. The molecule has 0 fully saturated rings. The SMILES string of the molecule is C=Cc1ccc(C(C)c2ccc(C(C)c3ccccc3C=C)cc2)cc1. The lowest BCUT2D eigenvalue weighted by atomic mass is 9.87. The fourth-order valence-electron chi connectivity index (χ4n) is 3.46. The number of hydrogen-bond acceptors (Lipinski definition) is 0. The maximum atomic E-state index is 3.94. The molecule has 0 heterocycles. The van der Waals surface area contributed by atoms with Crippen molar-refractivity contribution in [1.82, 2.24) is 0 Å². The summed E-state index contributed by atoms with van der Waals surface area (Å²) in [5, 5.41) is 0. The molecule has 0 bridgehead atoms. The van der Waals surface area contributed by atoms with Gasteiger partial charge in [-0.15, -0.1) is 0 Å². The summed E-state index contributed by atoms with van der Waals surface area (Å²) in [5.41, 5.74) is 7.68. The Kier molecular flexibility index (Phi) is 5.53. The lowest BCUT2D eigenvalue weighted by molar-refractivity contribution is 0.897. The summed E-state index contributed by atoms with van der Waals surface area (Å²) >= 11 is 0. The summed E-state index contributed by atoms with van der Waals surface area (Å²) < 4.78 is 0. The van der Waals surface area contributed by atoms with Crippen LogP contribution in [0.4, 0.5) is 0 Å². The molecule has 3 rings (SSSR count). The lowest BCUT2D eigenvalue weighted by Gasteiger charge is -2.18. The van der Waals surface area contributed by atoms with E-state index in [1.807, 2.05) is 12.2 Å². The Morgan fingerprint density at radius 3 is 1.65 bits per heavy atom. The van der Waals surface area contributed by atoms with Crippen LogP contribution in [-0.4, -0.2) is 0 Å². The molecule has 0 aliphatic carbocycles. The third kappa shape index (κ3) is 3.70. The van der Waals surface area contributed by atoms with E-state index in [1.165, 1.54) is 27.8 Å². The third-order valence-electron chi connectivity index (χ3n) is 5.29. The lowest BCUT2D eigenvalue weighted by Crippen LogP contribution is -2.00. The van der Waals surface area contributed by atoms with Crippen molar-refractivity contribution in [3.05, 3.63) is 119 Å². The highest BCUT2D eigenvalue weighted by Crippen LogP contribution is 2.30. The first-order chi connectivity index (χ1) is 12.6. The molecule has 0 aromatic heterocycles. The van der Waals surface area contributed by atoms with E-state index in [1.54, 1.807) is 0 Å². The fraction of sp³-hybridized carbons (Fsp3) is 0.154. The average molecular weight is 338 g/mol. The Morgan fingerprint density at radius 1 is 0.615 bits per heavy atom. The van der Waals surface area contributed by atoms with E-state index in [0.29, 0.717) is 11.8 Å². The van der Waals surface area contributed by atoms with E-state index in [4.69, 9.17) is 0 Å². The van der Waals surface area contributed by atoms with Crippen LogP contribution in [0.15, 0.2) is 86.0 Å². The summed E-state index contributed by atoms with van der Waals surface area (Å²) in [4.78, 5) is 0. The smallest absolute Gasteiger partial charge is 0.00669 e. The summed E-state index contributed by atoms with van der Waals surface area (Å²) in [5.74, 6) is 0.721. The monoisotopic (exact) mass is 338 g/mol. The maximum absolute atomic E-state index is 3.94. The Balaban J connectivity index is 1.83. The van der Waals surface area contributed by atoms with Crippen LogP contribution in [0.3, 0.4) is 0 Å². The Bertz CT molecular complexity index is 882.